The van der Waals surface area contributed by atoms with Crippen LogP contribution in [0.4, 0.5) is 4.39 Å². The van der Waals surface area contributed by atoms with Crippen LogP contribution in [0.2, 0.25) is 0 Å². The van der Waals surface area contributed by atoms with Crippen molar-refractivity contribution in [3.05, 3.63) is 28.5 Å². The lowest BCUT2D eigenvalue weighted by atomic mass is 10.0. The minimum absolute atomic E-state index is 0.0741. The van der Waals surface area contributed by atoms with Gasteiger partial charge in [0.2, 0.25) is 10.0 Å². The van der Waals surface area contributed by atoms with Crippen molar-refractivity contribution in [2.75, 3.05) is 13.1 Å². The molecule has 1 aliphatic heterocycles. The summed E-state index contributed by atoms with van der Waals surface area (Å²) in [5.74, 6) is -2.39. The molecule has 0 aliphatic carbocycles. The molecule has 110 valence electrons. The second kappa shape index (κ2) is 5.79. The van der Waals surface area contributed by atoms with Crippen molar-refractivity contribution in [3.63, 3.8) is 0 Å². The van der Waals surface area contributed by atoms with Gasteiger partial charge in [-0.2, -0.15) is 4.31 Å². The van der Waals surface area contributed by atoms with E-state index in [4.69, 9.17) is 5.11 Å². The van der Waals surface area contributed by atoms with Gasteiger partial charge in [0, 0.05) is 13.1 Å². The van der Waals surface area contributed by atoms with Crippen LogP contribution >= 0.6 is 15.9 Å². The third kappa shape index (κ3) is 3.02. The van der Waals surface area contributed by atoms with Crippen LogP contribution in [0, 0.1) is 11.7 Å². The topological polar surface area (TPSA) is 74.7 Å². The van der Waals surface area contributed by atoms with Crippen molar-refractivity contribution >= 4 is 31.9 Å². The van der Waals surface area contributed by atoms with Gasteiger partial charge in [-0.1, -0.05) is 0 Å². The molecule has 0 saturated carbocycles. The van der Waals surface area contributed by atoms with Crippen LogP contribution < -0.4 is 0 Å². The predicted molar refractivity (Wildman–Crippen MR) is 73.2 cm³/mol. The third-order valence-corrected chi connectivity index (χ3v) is 5.77. The Morgan fingerprint density at radius 3 is 2.75 bits per heavy atom. The highest BCUT2D eigenvalue weighted by atomic mass is 79.9. The van der Waals surface area contributed by atoms with Crippen LogP contribution in [0.3, 0.4) is 0 Å². The maximum absolute atomic E-state index is 13.5. The summed E-state index contributed by atoms with van der Waals surface area (Å²) in [6.45, 7) is 0.180. The van der Waals surface area contributed by atoms with E-state index in [1.807, 2.05) is 0 Å². The highest BCUT2D eigenvalue weighted by molar-refractivity contribution is 9.10. The van der Waals surface area contributed by atoms with E-state index in [1.165, 1.54) is 12.1 Å². The first-order chi connectivity index (χ1) is 9.32. The quantitative estimate of drug-likeness (QED) is 0.889. The number of aliphatic carboxylic acids is 1. The first-order valence-corrected chi connectivity index (χ1v) is 8.23. The summed E-state index contributed by atoms with van der Waals surface area (Å²) in [4.78, 5) is 10.8. The summed E-state index contributed by atoms with van der Waals surface area (Å²) in [7, 11) is -3.86. The first-order valence-electron chi connectivity index (χ1n) is 6.00. The van der Waals surface area contributed by atoms with Crippen molar-refractivity contribution in [1.82, 2.24) is 4.31 Å². The molecule has 5 nitrogen and oxygen atoms in total. The summed E-state index contributed by atoms with van der Waals surface area (Å²) < 4.78 is 39.5. The molecule has 1 aromatic carbocycles. The van der Waals surface area contributed by atoms with Gasteiger partial charge in [-0.25, -0.2) is 12.8 Å². The Labute approximate surface area is 124 Å². The van der Waals surface area contributed by atoms with E-state index >= 15 is 0 Å². The molecule has 0 spiro atoms. The molecule has 20 heavy (non-hydrogen) atoms. The molecule has 0 radical (unpaired) electrons. The summed E-state index contributed by atoms with van der Waals surface area (Å²) in [5.41, 5.74) is 0. The number of carbonyl (C=O) groups is 1. The molecule has 0 unspecified atom stereocenters. The Morgan fingerprint density at radius 1 is 1.45 bits per heavy atom. The zero-order chi connectivity index (χ0) is 14.9. The van der Waals surface area contributed by atoms with Crippen molar-refractivity contribution in [2.24, 2.45) is 5.92 Å². The minimum atomic E-state index is -3.86. The average molecular weight is 366 g/mol. The molecule has 0 aromatic heterocycles. The Morgan fingerprint density at radius 2 is 2.15 bits per heavy atom. The molecular formula is C12H13BrFNO4S. The van der Waals surface area contributed by atoms with E-state index in [1.54, 1.807) is 0 Å². The average Bonchev–Trinajstić information content (AvgIpc) is 2.42. The van der Waals surface area contributed by atoms with E-state index in [0.29, 0.717) is 12.8 Å². The van der Waals surface area contributed by atoms with Crippen LogP contribution in [0.1, 0.15) is 12.8 Å². The van der Waals surface area contributed by atoms with E-state index in [-0.39, 0.29) is 22.5 Å². The number of piperidine rings is 1. The summed E-state index contributed by atoms with van der Waals surface area (Å²) in [5, 5.41) is 8.99. The summed E-state index contributed by atoms with van der Waals surface area (Å²) >= 11 is 2.96. The summed E-state index contributed by atoms with van der Waals surface area (Å²) in [6, 6.07) is 3.55. The Balaban J connectivity index is 2.29. The molecule has 1 heterocycles. The van der Waals surface area contributed by atoms with Gasteiger partial charge in [0.25, 0.3) is 0 Å². The van der Waals surface area contributed by atoms with E-state index in [2.05, 4.69) is 15.9 Å². The maximum Gasteiger partial charge on any atom is 0.307 e. The number of carboxylic acids is 1. The number of rotatable bonds is 3. The van der Waals surface area contributed by atoms with Crippen LogP contribution in [0.15, 0.2) is 27.6 Å². The van der Waals surface area contributed by atoms with Gasteiger partial charge in [0.15, 0.2) is 0 Å². The normalized spacial score (nSPS) is 20.8. The number of nitrogens with zero attached hydrogens (tertiary/aromatic N) is 1. The lowest BCUT2D eigenvalue weighted by molar-refractivity contribution is -0.142. The zero-order valence-electron chi connectivity index (χ0n) is 10.4. The Kier molecular flexibility index (Phi) is 4.46. The highest BCUT2D eigenvalue weighted by Gasteiger charge is 2.33. The number of sulfonamides is 1. The van der Waals surface area contributed by atoms with Gasteiger partial charge < -0.3 is 5.11 Å². The monoisotopic (exact) mass is 365 g/mol. The van der Waals surface area contributed by atoms with Crippen molar-refractivity contribution in [1.29, 1.82) is 0 Å². The second-order valence-corrected chi connectivity index (χ2v) is 7.41. The Hall–Kier alpha value is -0.990. The predicted octanol–water partition coefficient (Wildman–Crippen LogP) is 2.07. The Bertz CT molecular complexity index is 634. The van der Waals surface area contributed by atoms with Gasteiger partial charge in [0.05, 0.1) is 15.3 Å². The van der Waals surface area contributed by atoms with Crippen molar-refractivity contribution in [3.8, 4) is 0 Å². The molecule has 1 aliphatic rings. The van der Waals surface area contributed by atoms with Gasteiger partial charge >= 0.3 is 5.97 Å². The van der Waals surface area contributed by atoms with Crippen molar-refractivity contribution in [2.45, 2.75) is 17.7 Å². The molecule has 0 amide bonds. The largest absolute Gasteiger partial charge is 0.481 e. The maximum atomic E-state index is 13.5. The molecule has 1 N–H and O–H groups in total. The minimum Gasteiger partial charge on any atom is -0.481 e. The van der Waals surface area contributed by atoms with E-state index in [0.717, 1.165) is 10.4 Å². The molecule has 1 saturated heterocycles. The highest BCUT2D eigenvalue weighted by Crippen LogP contribution is 2.26. The van der Waals surface area contributed by atoms with Gasteiger partial charge in [0.1, 0.15) is 5.82 Å². The molecule has 1 fully saturated rings. The fourth-order valence-corrected chi connectivity index (χ4v) is 3.93. The first kappa shape index (κ1) is 15.4. The molecule has 2 rings (SSSR count). The number of hydrogen-bond acceptors (Lipinski definition) is 3. The smallest absolute Gasteiger partial charge is 0.307 e. The number of halogens is 2. The molecule has 1 aromatic rings. The number of benzene rings is 1. The molecule has 1 atom stereocenters. The van der Waals surface area contributed by atoms with Crippen molar-refractivity contribution < 1.29 is 22.7 Å². The van der Waals surface area contributed by atoms with Crippen LogP contribution in [0.5, 0.6) is 0 Å². The summed E-state index contributed by atoms with van der Waals surface area (Å²) in [6.07, 6.45) is 0.936. The van der Waals surface area contributed by atoms with Gasteiger partial charge in [-0.15, -0.1) is 0 Å². The third-order valence-electron chi connectivity index (χ3n) is 3.26. The molecular weight excluding hydrogens is 353 g/mol. The second-order valence-electron chi connectivity index (χ2n) is 4.62. The molecule has 0 bridgehead atoms. The standard InChI is InChI=1S/C12H13BrFNO4S/c13-10-4-3-9(6-11(10)14)20(18,19)15-5-1-2-8(7-15)12(16)17/h3-4,6,8H,1-2,5,7H2,(H,16,17)/t8-/m1/s1. The lowest BCUT2D eigenvalue weighted by Gasteiger charge is -2.29. The van der Waals surface area contributed by atoms with Crippen LogP contribution in [-0.4, -0.2) is 36.9 Å². The fraction of sp³-hybridized carbons (Fsp3) is 0.417. The number of carboxylic acid groups (broad SMARTS) is 1. The van der Waals surface area contributed by atoms with E-state index < -0.39 is 27.7 Å². The lowest BCUT2D eigenvalue weighted by Crippen LogP contribution is -2.42. The number of hydrogen-bond donors (Lipinski definition) is 1. The SMILES string of the molecule is O=C(O)[C@@H]1CCCN(S(=O)(=O)c2ccc(Br)c(F)c2)C1. The van der Waals surface area contributed by atoms with Gasteiger partial charge in [-0.05, 0) is 47.0 Å². The van der Waals surface area contributed by atoms with Gasteiger partial charge in [-0.3, -0.25) is 4.79 Å². The molecule has 8 heteroatoms. The zero-order valence-corrected chi connectivity index (χ0v) is 12.8. The fourth-order valence-electron chi connectivity index (χ4n) is 2.15. The van der Waals surface area contributed by atoms with Crippen LogP contribution in [-0.2, 0) is 14.8 Å². The van der Waals surface area contributed by atoms with E-state index in [9.17, 15) is 17.6 Å². The van der Waals surface area contributed by atoms with Crippen LogP contribution in [0.25, 0.3) is 0 Å².